The Morgan fingerprint density at radius 2 is 1.09 bits per heavy atom. The highest BCUT2D eigenvalue weighted by molar-refractivity contribution is 6.88. The third-order valence-corrected chi connectivity index (χ3v) is 11.7. The van der Waals surface area contributed by atoms with Gasteiger partial charge in [0.05, 0.1) is 8.07 Å². The summed E-state index contributed by atoms with van der Waals surface area (Å²) in [6.45, 7) is 11.9. The van der Waals surface area contributed by atoms with Gasteiger partial charge in [-0.15, -0.1) is 0 Å². The van der Waals surface area contributed by atoms with Gasteiger partial charge in [0, 0.05) is 33.2 Å². The zero-order chi connectivity index (χ0) is 30.9. The minimum atomic E-state index is -1.34. The van der Waals surface area contributed by atoms with Crippen LogP contribution in [0.15, 0.2) is 138 Å². The van der Waals surface area contributed by atoms with Crippen LogP contribution >= 0.6 is 0 Å². The average Bonchev–Trinajstić information content (AvgIpc) is 3.53. The number of furan rings is 1. The lowest BCUT2D eigenvalue weighted by Crippen LogP contribution is -2.37. The molecule has 0 N–H and O–H groups in total. The highest BCUT2D eigenvalue weighted by Crippen LogP contribution is 2.50. The molecule has 45 heavy (non-hydrogen) atoms. The molecule has 1 aliphatic carbocycles. The topological polar surface area (TPSA) is 16.4 Å². The molecule has 6 aromatic carbocycles. The van der Waals surface area contributed by atoms with Crippen LogP contribution in [0.5, 0.6) is 0 Å². The molecule has 0 atom stereocenters. The zero-order valence-corrected chi connectivity index (χ0v) is 27.6. The lowest BCUT2D eigenvalue weighted by molar-refractivity contribution is 0.660. The van der Waals surface area contributed by atoms with Crippen molar-refractivity contribution in [2.24, 2.45) is 0 Å². The van der Waals surface area contributed by atoms with Gasteiger partial charge in [0.25, 0.3) is 0 Å². The minimum Gasteiger partial charge on any atom is -0.456 e. The first-order valence-corrected chi connectivity index (χ1v) is 19.4. The molecule has 0 radical (unpaired) electrons. The summed E-state index contributed by atoms with van der Waals surface area (Å²) in [6, 6.07) is 48.9. The predicted molar refractivity (Wildman–Crippen MR) is 194 cm³/mol. The fourth-order valence-corrected chi connectivity index (χ4v) is 8.26. The van der Waals surface area contributed by atoms with Crippen molar-refractivity contribution in [3.05, 3.63) is 145 Å². The molecule has 0 saturated heterocycles. The van der Waals surface area contributed by atoms with Gasteiger partial charge in [-0.1, -0.05) is 124 Å². The van der Waals surface area contributed by atoms with Gasteiger partial charge in [-0.2, -0.15) is 0 Å². The summed E-state index contributed by atoms with van der Waals surface area (Å²) in [5, 5.41) is 3.75. The Morgan fingerprint density at radius 3 is 1.84 bits per heavy atom. The van der Waals surface area contributed by atoms with Gasteiger partial charge in [-0.3, -0.25) is 0 Å². The number of nitrogens with zero attached hydrogens (tertiary/aromatic N) is 1. The van der Waals surface area contributed by atoms with E-state index in [1.807, 2.05) is 12.1 Å². The van der Waals surface area contributed by atoms with E-state index in [0.717, 1.165) is 39.0 Å². The Balaban J connectivity index is 1.26. The molecule has 7 aromatic rings. The Kier molecular flexibility index (Phi) is 6.20. The van der Waals surface area contributed by atoms with Crippen molar-refractivity contribution in [2.75, 3.05) is 4.90 Å². The Hall–Kier alpha value is -4.86. The van der Waals surface area contributed by atoms with E-state index >= 15 is 0 Å². The average molecular weight is 600 g/mol. The first kappa shape index (κ1) is 27.7. The van der Waals surface area contributed by atoms with E-state index < -0.39 is 8.07 Å². The molecule has 0 bridgehead atoms. The highest BCUT2D eigenvalue weighted by Gasteiger charge is 2.35. The summed E-state index contributed by atoms with van der Waals surface area (Å²) >= 11 is 0. The molecule has 0 saturated carbocycles. The van der Waals surface area contributed by atoms with Gasteiger partial charge in [0.15, 0.2) is 0 Å². The molecule has 0 fully saturated rings. The number of hydrogen-bond acceptors (Lipinski definition) is 2. The Bertz CT molecular complexity index is 2220. The summed E-state index contributed by atoms with van der Waals surface area (Å²) in [5.74, 6) is 0. The molecular formula is C42H37NOSi. The summed E-state index contributed by atoms with van der Waals surface area (Å²) in [4.78, 5) is 2.39. The standard InChI is InChI=1S/C42H37NOSi/c1-42(2)38-12-8-6-10-34(38)35-24-20-32(27-39(35)42)43(31-21-25-41-37(26-31)36-11-7-9-13-40(36)44-41)30-18-14-28(15-19-30)29-16-22-33(23-17-29)45(3,4)5/h6-27H,1-5H3. The molecule has 1 aromatic heterocycles. The molecule has 0 unspecified atom stereocenters. The fraction of sp³-hybridized carbons (Fsp3) is 0.143. The largest absolute Gasteiger partial charge is 0.456 e. The second kappa shape index (κ2) is 10.1. The van der Waals surface area contributed by atoms with Crippen LogP contribution in [-0.4, -0.2) is 8.07 Å². The summed E-state index contributed by atoms with van der Waals surface area (Å²) in [6.07, 6.45) is 0. The van der Waals surface area contributed by atoms with E-state index in [1.165, 1.54) is 38.6 Å². The normalized spacial score (nSPS) is 13.6. The fourth-order valence-electron chi connectivity index (χ4n) is 7.10. The van der Waals surface area contributed by atoms with Crippen LogP contribution in [-0.2, 0) is 5.41 Å². The Labute approximate surface area is 266 Å². The number of fused-ring (bicyclic) bond motifs is 6. The predicted octanol–water partition coefficient (Wildman–Crippen LogP) is 11.6. The molecule has 0 spiro atoms. The molecule has 3 heteroatoms. The lowest BCUT2D eigenvalue weighted by Gasteiger charge is -2.28. The van der Waals surface area contributed by atoms with Crippen LogP contribution in [0.3, 0.4) is 0 Å². The van der Waals surface area contributed by atoms with Gasteiger partial charge < -0.3 is 9.32 Å². The maximum Gasteiger partial charge on any atom is 0.135 e. The van der Waals surface area contributed by atoms with E-state index in [2.05, 4.69) is 160 Å². The number of anilines is 3. The maximum absolute atomic E-state index is 6.20. The third-order valence-electron chi connectivity index (χ3n) is 9.65. The highest BCUT2D eigenvalue weighted by atomic mass is 28.3. The van der Waals surface area contributed by atoms with Crippen molar-refractivity contribution in [1.29, 1.82) is 0 Å². The molecule has 1 aliphatic rings. The van der Waals surface area contributed by atoms with Gasteiger partial charge in [-0.05, 0) is 81.9 Å². The van der Waals surface area contributed by atoms with Crippen molar-refractivity contribution in [1.82, 2.24) is 0 Å². The van der Waals surface area contributed by atoms with Crippen molar-refractivity contribution in [3.63, 3.8) is 0 Å². The number of rotatable bonds is 5. The first-order valence-electron chi connectivity index (χ1n) is 15.9. The minimum absolute atomic E-state index is 0.0791. The smallest absolute Gasteiger partial charge is 0.135 e. The van der Waals surface area contributed by atoms with Crippen molar-refractivity contribution < 1.29 is 4.42 Å². The van der Waals surface area contributed by atoms with Gasteiger partial charge in [0.1, 0.15) is 11.2 Å². The van der Waals surface area contributed by atoms with E-state index in [1.54, 1.807) is 0 Å². The number of hydrogen-bond donors (Lipinski definition) is 0. The van der Waals surface area contributed by atoms with E-state index in [0.29, 0.717) is 0 Å². The Morgan fingerprint density at radius 1 is 0.511 bits per heavy atom. The van der Waals surface area contributed by atoms with Crippen LogP contribution in [0.4, 0.5) is 17.1 Å². The SMILES string of the molecule is CC1(C)c2ccccc2-c2ccc(N(c3ccc(-c4ccc([Si](C)(C)C)cc4)cc3)c3ccc4oc5ccccc5c4c3)cc21. The number of para-hydroxylation sites is 1. The third kappa shape index (κ3) is 4.53. The summed E-state index contributed by atoms with van der Waals surface area (Å²) in [5.41, 5.74) is 13.0. The van der Waals surface area contributed by atoms with E-state index in [9.17, 15) is 0 Å². The van der Waals surface area contributed by atoms with Gasteiger partial charge in [-0.25, -0.2) is 0 Å². The summed E-state index contributed by atoms with van der Waals surface area (Å²) < 4.78 is 6.20. The number of benzene rings is 6. The summed E-state index contributed by atoms with van der Waals surface area (Å²) in [7, 11) is -1.34. The van der Waals surface area contributed by atoms with Crippen molar-refractivity contribution in [3.8, 4) is 22.3 Å². The van der Waals surface area contributed by atoms with Gasteiger partial charge >= 0.3 is 0 Å². The monoisotopic (exact) mass is 599 g/mol. The van der Waals surface area contributed by atoms with E-state index in [-0.39, 0.29) is 5.41 Å². The second-order valence-electron chi connectivity index (χ2n) is 13.9. The second-order valence-corrected chi connectivity index (χ2v) is 19.0. The first-order chi connectivity index (χ1) is 21.7. The van der Waals surface area contributed by atoms with Crippen LogP contribution < -0.4 is 10.1 Å². The maximum atomic E-state index is 6.20. The molecule has 1 heterocycles. The van der Waals surface area contributed by atoms with Crippen molar-refractivity contribution >= 4 is 52.3 Å². The van der Waals surface area contributed by atoms with Crippen LogP contribution in [0.25, 0.3) is 44.2 Å². The molecule has 0 amide bonds. The van der Waals surface area contributed by atoms with Crippen molar-refractivity contribution in [2.45, 2.75) is 38.9 Å². The van der Waals surface area contributed by atoms with Crippen LogP contribution in [0.2, 0.25) is 19.6 Å². The molecular weight excluding hydrogens is 563 g/mol. The lowest BCUT2D eigenvalue weighted by atomic mass is 9.82. The van der Waals surface area contributed by atoms with Crippen LogP contribution in [0.1, 0.15) is 25.0 Å². The van der Waals surface area contributed by atoms with Gasteiger partial charge in [0.2, 0.25) is 0 Å². The molecule has 0 aliphatic heterocycles. The molecule has 8 rings (SSSR count). The van der Waals surface area contributed by atoms with E-state index in [4.69, 9.17) is 4.42 Å². The molecule has 2 nitrogen and oxygen atoms in total. The quantitative estimate of drug-likeness (QED) is 0.183. The zero-order valence-electron chi connectivity index (χ0n) is 26.6. The molecule has 220 valence electrons. The van der Waals surface area contributed by atoms with Crippen LogP contribution in [0, 0.1) is 0 Å².